The van der Waals surface area contributed by atoms with Crippen molar-refractivity contribution in [2.24, 2.45) is 5.41 Å². The predicted octanol–water partition coefficient (Wildman–Crippen LogP) is 6.25. The molecule has 3 aliphatic rings. The number of carbonyl (C=O) groups excluding carboxylic acids is 2. The highest BCUT2D eigenvalue weighted by Crippen LogP contribution is 2.51. The molecule has 1 saturated heterocycles. The van der Waals surface area contributed by atoms with E-state index < -0.39 is 0 Å². The Morgan fingerprint density at radius 2 is 1.73 bits per heavy atom. The summed E-state index contributed by atoms with van der Waals surface area (Å²) in [6.45, 7) is 3.10. The minimum Gasteiger partial charge on any atom is -0.303 e. The van der Waals surface area contributed by atoms with Gasteiger partial charge in [-0.15, -0.1) is 0 Å². The summed E-state index contributed by atoms with van der Waals surface area (Å²) in [7, 11) is 0. The average Bonchev–Trinajstić information content (AvgIpc) is 2.99. The van der Waals surface area contributed by atoms with Crippen molar-refractivity contribution in [3.63, 3.8) is 0 Å². The SMILES string of the molecule is O=C1Cc2ccccc2SC2=C1C1(CC=C2)CCN(CCCCC(=O)c2ccccc2)CC1. The largest absolute Gasteiger partial charge is 0.303 e. The summed E-state index contributed by atoms with van der Waals surface area (Å²) in [4.78, 5) is 30.6. The molecule has 170 valence electrons. The fourth-order valence-corrected chi connectivity index (χ4v) is 6.79. The van der Waals surface area contributed by atoms with Crippen molar-refractivity contribution in [2.75, 3.05) is 19.6 Å². The van der Waals surface area contributed by atoms with Crippen LogP contribution in [0.25, 0.3) is 0 Å². The van der Waals surface area contributed by atoms with E-state index in [0.717, 1.165) is 68.4 Å². The fraction of sp³-hybridized carbons (Fsp3) is 0.379. The molecule has 3 nitrogen and oxygen atoms in total. The molecule has 0 unspecified atom stereocenters. The Balaban J connectivity index is 1.17. The number of carbonyl (C=O) groups is 2. The second kappa shape index (κ2) is 9.82. The number of Topliss-reactive ketones (excluding diaryl/α,β-unsaturated/α-hetero) is 2. The minimum absolute atomic E-state index is 0.00398. The van der Waals surface area contributed by atoms with Gasteiger partial charge in [-0.25, -0.2) is 0 Å². The van der Waals surface area contributed by atoms with E-state index in [2.05, 4.69) is 35.3 Å². The van der Waals surface area contributed by atoms with Gasteiger partial charge in [-0.2, -0.15) is 0 Å². The zero-order valence-electron chi connectivity index (χ0n) is 19.1. The van der Waals surface area contributed by atoms with Gasteiger partial charge in [0.2, 0.25) is 0 Å². The molecule has 2 aromatic rings. The maximum Gasteiger partial charge on any atom is 0.164 e. The Morgan fingerprint density at radius 1 is 0.970 bits per heavy atom. The van der Waals surface area contributed by atoms with E-state index in [0.29, 0.717) is 18.6 Å². The number of hydrogen-bond acceptors (Lipinski definition) is 4. The van der Waals surface area contributed by atoms with Crippen molar-refractivity contribution >= 4 is 23.3 Å². The number of fused-ring (bicyclic) bond motifs is 2. The third kappa shape index (κ3) is 4.78. The number of benzene rings is 2. The summed E-state index contributed by atoms with van der Waals surface area (Å²) in [5.74, 6) is 0.562. The lowest BCUT2D eigenvalue weighted by Crippen LogP contribution is -2.43. The second-order valence-electron chi connectivity index (χ2n) is 9.52. The number of rotatable bonds is 6. The van der Waals surface area contributed by atoms with E-state index in [4.69, 9.17) is 0 Å². The quantitative estimate of drug-likeness (QED) is 0.379. The molecule has 0 amide bonds. The Labute approximate surface area is 201 Å². The first-order chi connectivity index (χ1) is 16.1. The molecule has 5 rings (SSSR count). The predicted molar refractivity (Wildman–Crippen MR) is 135 cm³/mol. The van der Waals surface area contributed by atoms with Gasteiger partial charge in [-0.05, 0) is 63.4 Å². The zero-order valence-corrected chi connectivity index (χ0v) is 19.9. The van der Waals surface area contributed by atoms with Gasteiger partial charge >= 0.3 is 0 Å². The molecule has 2 aliphatic heterocycles. The van der Waals surface area contributed by atoms with Gasteiger partial charge in [0.1, 0.15) is 0 Å². The van der Waals surface area contributed by atoms with Crippen molar-refractivity contribution in [1.29, 1.82) is 0 Å². The first-order valence-electron chi connectivity index (χ1n) is 12.2. The summed E-state index contributed by atoms with van der Waals surface area (Å²) in [6.07, 6.45) is 10.7. The molecule has 0 N–H and O–H groups in total. The third-order valence-electron chi connectivity index (χ3n) is 7.41. The first-order valence-corrected chi connectivity index (χ1v) is 13.0. The smallest absolute Gasteiger partial charge is 0.164 e. The van der Waals surface area contributed by atoms with Gasteiger partial charge in [0.25, 0.3) is 0 Å². The van der Waals surface area contributed by atoms with Gasteiger partial charge in [0.15, 0.2) is 11.6 Å². The third-order valence-corrected chi connectivity index (χ3v) is 8.59. The van der Waals surface area contributed by atoms with Gasteiger partial charge in [0.05, 0.1) is 0 Å². The van der Waals surface area contributed by atoms with Crippen LogP contribution in [0.4, 0.5) is 0 Å². The monoisotopic (exact) mass is 457 g/mol. The van der Waals surface area contributed by atoms with Gasteiger partial charge in [0, 0.05) is 39.2 Å². The van der Waals surface area contributed by atoms with Crippen LogP contribution >= 0.6 is 11.8 Å². The Hall–Kier alpha value is -2.43. The van der Waals surface area contributed by atoms with Crippen LogP contribution in [-0.2, 0) is 11.2 Å². The molecular weight excluding hydrogens is 426 g/mol. The molecule has 2 aromatic carbocycles. The van der Waals surface area contributed by atoms with Crippen molar-refractivity contribution in [3.8, 4) is 0 Å². The summed E-state index contributed by atoms with van der Waals surface area (Å²) >= 11 is 1.78. The second-order valence-corrected chi connectivity index (χ2v) is 10.6. The lowest BCUT2D eigenvalue weighted by Gasteiger charge is -2.44. The highest BCUT2D eigenvalue weighted by Gasteiger charge is 2.43. The lowest BCUT2D eigenvalue weighted by molar-refractivity contribution is -0.116. The molecule has 0 atom stereocenters. The average molecular weight is 458 g/mol. The van der Waals surface area contributed by atoms with E-state index in [9.17, 15) is 9.59 Å². The van der Waals surface area contributed by atoms with E-state index in [1.54, 1.807) is 11.8 Å². The standard InChI is InChI=1S/C29H31NO2S/c31-24(22-9-2-1-3-10-22)12-6-7-18-30-19-16-29(17-20-30)15-8-14-27-28(29)25(32)21-23-11-4-5-13-26(23)33-27/h1-5,8-11,13-14H,6-7,12,15-21H2. The molecule has 1 aliphatic carbocycles. The van der Waals surface area contributed by atoms with Crippen molar-refractivity contribution in [3.05, 3.63) is 88.4 Å². The van der Waals surface area contributed by atoms with Crippen LogP contribution in [0, 0.1) is 5.41 Å². The maximum absolute atomic E-state index is 13.4. The summed E-state index contributed by atoms with van der Waals surface area (Å²) in [6, 6.07) is 17.9. The van der Waals surface area contributed by atoms with Crippen molar-refractivity contribution < 1.29 is 9.59 Å². The molecule has 33 heavy (non-hydrogen) atoms. The van der Waals surface area contributed by atoms with Crippen LogP contribution in [0.5, 0.6) is 0 Å². The summed E-state index contributed by atoms with van der Waals surface area (Å²) in [5.41, 5.74) is 3.07. The van der Waals surface area contributed by atoms with Crippen LogP contribution in [0.2, 0.25) is 0 Å². The van der Waals surface area contributed by atoms with Gasteiger partial charge in [-0.3, -0.25) is 9.59 Å². The van der Waals surface area contributed by atoms with E-state index in [1.165, 1.54) is 9.80 Å². The molecule has 2 heterocycles. The Morgan fingerprint density at radius 3 is 2.55 bits per heavy atom. The number of allylic oxidation sites excluding steroid dienone is 3. The van der Waals surface area contributed by atoms with Gasteiger partial charge in [-0.1, -0.05) is 72.4 Å². The normalized spacial score (nSPS) is 19.8. The number of unbranched alkanes of at least 4 members (excludes halogenated alkanes) is 1. The molecule has 4 heteroatoms. The van der Waals surface area contributed by atoms with Crippen molar-refractivity contribution in [1.82, 2.24) is 4.90 Å². The molecule has 0 bridgehead atoms. The van der Waals surface area contributed by atoms with Crippen LogP contribution in [0.1, 0.15) is 54.4 Å². The minimum atomic E-state index is -0.00398. The van der Waals surface area contributed by atoms with Crippen LogP contribution in [0.15, 0.2) is 82.1 Å². The molecule has 1 fully saturated rings. The number of hydrogen-bond donors (Lipinski definition) is 0. The molecule has 0 saturated carbocycles. The van der Waals surface area contributed by atoms with E-state index in [1.807, 2.05) is 36.4 Å². The Kier molecular flexibility index (Phi) is 6.66. The maximum atomic E-state index is 13.4. The van der Waals surface area contributed by atoms with E-state index >= 15 is 0 Å². The zero-order chi connectivity index (χ0) is 22.7. The Bertz CT molecular complexity index is 1090. The van der Waals surface area contributed by atoms with E-state index in [-0.39, 0.29) is 11.2 Å². The number of nitrogens with zero attached hydrogens (tertiary/aromatic N) is 1. The number of thioether (sulfide) groups is 1. The number of ketones is 2. The highest BCUT2D eigenvalue weighted by molar-refractivity contribution is 8.03. The fourth-order valence-electron chi connectivity index (χ4n) is 5.53. The molecule has 0 radical (unpaired) electrons. The molecule has 0 aromatic heterocycles. The first kappa shape index (κ1) is 22.4. The summed E-state index contributed by atoms with van der Waals surface area (Å²) in [5, 5.41) is 0. The molecular formula is C29H31NO2S. The highest BCUT2D eigenvalue weighted by atomic mass is 32.2. The molecule has 1 spiro atoms. The van der Waals surface area contributed by atoms with Crippen LogP contribution < -0.4 is 0 Å². The number of piperidine rings is 1. The summed E-state index contributed by atoms with van der Waals surface area (Å²) < 4.78 is 0. The lowest BCUT2D eigenvalue weighted by atomic mass is 9.66. The number of likely N-dealkylation sites (tertiary alicyclic amines) is 1. The topological polar surface area (TPSA) is 37.4 Å². The van der Waals surface area contributed by atoms with Crippen LogP contribution in [-0.4, -0.2) is 36.1 Å². The van der Waals surface area contributed by atoms with Gasteiger partial charge < -0.3 is 4.90 Å². The van der Waals surface area contributed by atoms with Crippen LogP contribution in [0.3, 0.4) is 0 Å². The van der Waals surface area contributed by atoms with Crippen molar-refractivity contribution in [2.45, 2.75) is 49.8 Å².